The van der Waals surface area contributed by atoms with E-state index in [1.165, 1.54) is 0 Å². The summed E-state index contributed by atoms with van der Waals surface area (Å²) in [5.41, 5.74) is 17.4. The van der Waals surface area contributed by atoms with Crippen LogP contribution < -0.4 is 0 Å². The quantitative estimate of drug-likeness (QED) is 0.142. The summed E-state index contributed by atoms with van der Waals surface area (Å²) in [4.78, 5) is 20.2. The maximum absolute atomic E-state index is 10.2. The lowest BCUT2D eigenvalue weighted by molar-refractivity contribution is 1.07. The molecule has 0 radical (unpaired) electrons. The Morgan fingerprint density at radius 2 is 0.782 bits per heavy atom. The first-order valence-electron chi connectivity index (χ1n) is 25.7. The van der Waals surface area contributed by atoms with Crippen molar-refractivity contribution in [2.24, 2.45) is 0 Å². The van der Waals surface area contributed by atoms with Crippen LogP contribution in [-0.2, 0) is 0 Å². The molecule has 0 N–H and O–H groups in total. The number of fused-ring (bicyclic) bond motifs is 6. The van der Waals surface area contributed by atoms with Crippen LogP contribution in [0.3, 0.4) is 0 Å². The lowest BCUT2D eigenvalue weighted by atomic mass is 9.93. The van der Waals surface area contributed by atoms with Gasteiger partial charge in [-0.2, -0.15) is 10.5 Å². The molecule has 14 rings (SSSR count). The van der Waals surface area contributed by atoms with Crippen molar-refractivity contribution in [1.82, 2.24) is 29.1 Å². The van der Waals surface area contributed by atoms with Crippen LogP contribution in [0.25, 0.3) is 134 Å². The van der Waals surface area contributed by atoms with E-state index in [2.05, 4.69) is 148 Å². The molecule has 0 fully saturated rings. The van der Waals surface area contributed by atoms with Crippen LogP contribution in [0.15, 0.2) is 255 Å². The zero-order valence-corrected chi connectivity index (χ0v) is 41.8. The highest BCUT2D eigenvalue weighted by Crippen LogP contribution is 2.45. The Morgan fingerprint density at radius 1 is 0.295 bits per heavy atom. The molecule has 0 aliphatic rings. The van der Waals surface area contributed by atoms with Gasteiger partial charge in [0, 0.05) is 61.9 Å². The number of hydrogen-bond donors (Lipinski definition) is 0. The second kappa shape index (κ2) is 19.0. The number of nitriles is 2. The highest BCUT2D eigenvalue weighted by molar-refractivity contribution is 6.12. The molecule has 0 saturated carbocycles. The van der Waals surface area contributed by atoms with E-state index in [-0.39, 0.29) is 0 Å². The fourth-order valence-corrected chi connectivity index (χ4v) is 11.2. The Bertz CT molecular complexity index is 4700. The molecule has 0 saturated heterocycles. The number of pyridine rings is 1. The highest BCUT2D eigenvalue weighted by Gasteiger charge is 2.24. The van der Waals surface area contributed by atoms with Crippen molar-refractivity contribution in [2.75, 3.05) is 0 Å². The van der Waals surface area contributed by atoms with Crippen molar-refractivity contribution in [1.29, 1.82) is 10.5 Å². The molecule has 8 nitrogen and oxygen atoms in total. The molecule has 8 heteroatoms. The Kier molecular flexibility index (Phi) is 11.1. The number of rotatable bonds is 9. The zero-order chi connectivity index (χ0) is 52.1. The fraction of sp³-hybridized carbons (Fsp3) is 0. The SMILES string of the molecule is N#Cc1ccccc1-c1ccc2c(c1)c1ccccc1n2-c1ccc(-c2nc(-c3ccccc3)nc(-c3ccccc3)n2)c(-c2cc(-c3ccncc3)ccc2-n2c3ccccc3c3cc(-c4ccccc4C#N)ccc32)c1. The van der Waals surface area contributed by atoms with Crippen molar-refractivity contribution in [3.63, 3.8) is 0 Å². The first-order valence-corrected chi connectivity index (χ1v) is 25.7. The van der Waals surface area contributed by atoms with Gasteiger partial charge in [-0.25, -0.2) is 15.0 Å². The summed E-state index contributed by atoms with van der Waals surface area (Å²) in [6.45, 7) is 0. The third kappa shape index (κ3) is 7.76. The molecule has 78 heavy (non-hydrogen) atoms. The average molecular weight is 995 g/mol. The average Bonchev–Trinajstić information content (AvgIpc) is 4.18. The van der Waals surface area contributed by atoms with Crippen molar-refractivity contribution in [3.05, 3.63) is 266 Å². The maximum atomic E-state index is 10.2. The minimum absolute atomic E-state index is 0.524. The molecule has 0 spiro atoms. The van der Waals surface area contributed by atoms with Gasteiger partial charge in [0.05, 0.1) is 51.0 Å². The van der Waals surface area contributed by atoms with Gasteiger partial charge >= 0.3 is 0 Å². The molecule has 0 unspecified atom stereocenters. The normalized spacial score (nSPS) is 11.3. The van der Waals surface area contributed by atoms with Gasteiger partial charge in [0.1, 0.15) is 0 Å². The lowest BCUT2D eigenvalue weighted by Crippen LogP contribution is -2.04. The van der Waals surface area contributed by atoms with E-state index >= 15 is 0 Å². The van der Waals surface area contributed by atoms with E-state index in [0.717, 1.165) is 116 Å². The van der Waals surface area contributed by atoms with Gasteiger partial charge in [0.25, 0.3) is 0 Å². The van der Waals surface area contributed by atoms with Crippen LogP contribution in [0, 0.1) is 22.7 Å². The van der Waals surface area contributed by atoms with Crippen molar-refractivity contribution >= 4 is 43.6 Å². The standard InChI is InChI=1S/C70H42N8/c71-43-51-19-7-9-21-54(51)49-28-33-65-60(40-49)56-23-11-13-25-63(56)77(65)53-30-31-58(70-75-68(46-15-3-1-4-16-46)74-69(76-70)47-17-5-2-6-18-47)59(42-53)62-39-48(45-35-37-73-38-36-45)27-32-67(62)78-64-26-14-12-24-57(64)61-41-50(29-34-66(61)78)55-22-10-8-20-52(55)44-72/h1-42H. The third-order valence-corrected chi connectivity index (χ3v) is 14.8. The van der Waals surface area contributed by atoms with Crippen LogP contribution in [-0.4, -0.2) is 29.1 Å². The molecular formula is C70H42N8. The number of benzene rings is 10. The van der Waals surface area contributed by atoms with Gasteiger partial charge < -0.3 is 9.13 Å². The van der Waals surface area contributed by atoms with Gasteiger partial charge in [-0.05, 0) is 130 Å². The Morgan fingerprint density at radius 3 is 1.37 bits per heavy atom. The summed E-state index contributed by atoms with van der Waals surface area (Å²) >= 11 is 0. The Balaban J connectivity index is 1.08. The van der Waals surface area contributed by atoms with Gasteiger partial charge in [-0.15, -0.1) is 0 Å². The van der Waals surface area contributed by atoms with Crippen LogP contribution in [0.1, 0.15) is 11.1 Å². The minimum Gasteiger partial charge on any atom is -0.309 e. The van der Waals surface area contributed by atoms with Gasteiger partial charge in [0.2, 0.25) is 0 Å². The maximum Gasteiger partial charge on any atom is 0.164 e. The predicted molar refractivity (Wildman–Crippen MR) is 314 cm³/mol. The number of para-hydroxylation sites is 2. The Hall–Kier alpha value is -11.1. The van der Waals surface area contributed by atoms with E-state index in [9.17, 15) is 10.5 Å². The molecule has 362 valence electrons. The topological polar surface area (TPSA) is 109 Å². The number of hydrogen-bond acceptors (Lipinski definition) is 6. The van der Waals surface area contributed by atoms with Crippen LogP contribution in [0.2, 0.25) is 0 Å². The van der Waals surface area contributed by atoms with Crippen LogP contribution in [0.5, 0.6) is 0 Å². The Labute approximate surface area is 449 Å². The van der Waals surface area contributed by atoms with E-state index in [1.54, 1.807) is 0 Å². The van der Waals surface area contributed by atoms with Crippen LogP contribution in [0.4, 0.5) is 0 Å². The second-order valence-electron chi connectivity index (χ2n) is 19.2. The summed E-state index contributed by atoms with van der Waals surface area (Å²) in [6, 6.07) is 88.0. The zero-order valence-electron chi connectivity index (χ0n) is 41.8. The second-order valence-corrected chi connectivity index (χ2v) is 19.2. The van der Waals surface area contributed by atoms with Crippen LogP contribution >= 0.6 is 0 Å². The van der Waals surface area contributed by atoms with E-state index < -0.39 is 0 Å². The molecule has 0 aliphatic heterocycles. The molecule has 0 atom stereocenters. The predicted octanol–water partition coefficient (Wildman–Crippen LogP) is 16.9. The monoisotopic (exact) mass is 994 g/mol. The lowest BCUT2D eigenvalue weighted by Gasteiger charge is -2.20. The largest absolute Gasteiger partial charge is 0.309 e. The summed E-state index contributed by atoms with van der Waals surface area (Å²) in [5, 5.41) is 24.6. The first-order chi connectivity index (χ1) is 38.6. The number of nitrogens with zero attached hydrogens (tertiary/aromatic N) is 8. The summed E-state index contributed by atoms with van der Waals surface area (Å²) in [6.07, 6.45) is 3.66. The molecule has 0 bridgehead atoms. The molecule has 4 heterocycles. The molecule has 10 aromatic carbocycles. The smallest absolute Gasteiger partial charge is 0.164 e. The highest BCUT2D eigenvalue weighted by atomic mass is 15.0. The van der Waals surface area contributed by atoms with E-state index in [0.29, 0.717) is 28.6 Å². The summed E-state index contributed by atoms with van der Waals surface area (Å²) in [7, 11) is 0. The van der Waals surface area contributed by atoms with E-state index in [1.807, 2.05) is 134 Å². The molecule has 0 aliphatic carbocycles. The minimum atomic E-state index is 0.524. The van der Waals surface area contributed by atoms with Crippen molar-refractivity contribution in [2.45, 2.75) is 0 Å². The number of aromatic nitrogens is 6. The third-order valence-electron chi connectivity index (χ3n) is 14.8. The van der Waals surface area contributed by atoms with Gasteiger partial charge in [-0.3, -0.25) is 4.98 Å². The summed E-state index contributed by atoms with van der Waals surface area (Å²) < 4.78 is 4.70. The first kappa shape index (κ1) is 45.5. The van der Waals surface area contributed by atoms with Crippen molar-refractivity contribution < 1.29 is 0 Å². The molecule has 14 aromatic rings. The van der Waals surface area contributed by atoms with Gasteiger partial charge in [-0.1, -0.05) is 152 Å². The van der Waals surface area contributed by atoms with E-state index in [4.69, 9.17) is 15.0 Å². The van der Waals surface area contributed by atoms with Gasteiger partial charge in [0.15, 0.2) is 17.5 Å². The van der Waals surface area contributed by atoms with Crippen molar-refractivity contribution in [3.8, 4) is 102 Å². The molecule has 0 amide bonds. The fourth-order valence-electron chi connectivity index (χ4n) is 11.2. The molecule has 4 aromatic heterocycles. The summed E-state index contributed by atoms with van der Waals surface area (Å²) in [5.74, 6) is 1.65. The molecular weight excluding hydrogens is 953 g/mol.